The maximum absolute atomic E-state index is 10.7. The lowest BCUT2D eigenvalue weighted by Gasteiger charge is -2.38. The summed E-state index contributed by atoms with van der Waals surface area (Å²) in [6.45, 7) is 6.39. The summed E-state index contributed by atoms with van der Waals surface area (Å²) in [4.78, 5) is 2.26. The van der Waals surface area contributed by atoms with Crippen LogP contribution in [-0.4, -0.2) is 55.1 Å². The molecule has 0 bridgehead atoms. The summed E-state index contributed by atoms with van der Waals surface area (Å²) in [5.74, 6) is 0.812. The average molecular weight is 279 g/mol. The summed E-state index contributed by atoms with van der Waals surface area (Å²) < 4.78 is 11.1. The van der Waals surface area contributed by atoms with Gasteiger partial charge in [0.15, 0.2) is 0 Å². The van der Waals surface area contributed by atoms with Crippen molar-refractivity contribution >= 4 is 0 Å². The second-order valence-electron chi connectivity index (χ2n) is 5.40. The summed E-state index contributed by atoms with van der Waals surface area (Å²) in [5, 5.41) is 10.7. The van der Waals surface area contributed by atoms with E-state index in [1.165, 1.54) is 0 Å². The Kier molecular flexibility index (Phi) is 5.83. The molecule has 0 amide bonds. The second kappa shape index (κ2) is 7.62. The van der Waals surface area contributed by atoms with Gasteiger partial charge in [-0.2, -0.15) is 0 Å². The van der Waals surface area contributed by atoms with Crippen LogP contribution in [-0.2, 0) is 4.74 Å². The van der Waals surface area contributed by atoms with Crippen LogP contribution < -0.4 is 4.74 Å². The molecule has 1 N–H and O–H groups in total. The van der Waals surface area contributed by atoms with E-state index >= 15 is 0 Å². The Balaban J connectivity index is 1.79. The number of piperidine rings is 1. The fraction of sp³-hybridized carbons (Fsp3) is 0.625. The molecule has 4 heteroatoms. The lowest BCUT2D eigenvalue weighted by atomic mass is 9.94. The normalized spacial score (nSPS) is 23.7. The van der Waals surface area contributed by atoms with Gasteiger partial charge in [0.25, 0.3) is 0 Å². The minimum absolute atomic E-state index is 0.349. The average Bonchev–Trinajstić information content (AvgIpc) is 2.47. The number of β-amino-alcohol motifs (C(OH)–C–C–N with tert-alkyl or cyclic N) is 1. The van der Waals surface area contributed by atoms with Crippen molar-refractivity contribution in [1.82, 2.24) is 4.90 Å². The van der Waals surface area contributed by atoms with Crippen molar-refractivity contribution in [2.24, 2.45) is 0 Å². The zero-order chi connectivity index (χ0) is 14.3. The molecule has 1 aliphatic heterocycles. The van der Waals surface area contributed by atoms with Gasteiger partial charge in [-0.1, -0.05) is 18.2 Å². The quantitative estimate of drug-likeness (QED) is 0.774. The molecule has 2 rings (SSSR count). The number of nitrogens with zero attached hydrogens (tertiary/aromatic N) is 1. The number of para-hydroxylation sites is 1. The molecule has 1 aliphatic rings. The minimum Gasteiger partial charge on any atom is -0.491 e. The summed E-state index contributed by atoms with van der Waals surface area (Å²) >= 11 is 0. The lowest BCUT2D eigenvalue weighted by molar-refractivity contribution is -0.0641. The Hall–Kier alpha value is -1.10. The molecule has 1 atom stereocenters. The first kappa shape index (κ1) is 15.3. The third kappa shape index (κ3) is 4.78. The highest BCUT2D eigenvalue weighted by Gasteiger charge is 2.33. The molecule has 20 heavy (non-hydrogen) atoms. The molecule has 112 valence electrons. The van der Waals surface area contributed by atoms with E-state index in [1.54, 1.807) is 0 Å². The van der Waals surface area contributed by atoms with Gasteiger partial charge in [0.2, 0.25) is 0 Å². The highest BCUT2D eigenvalue weighted by molar-refractivity contribution is 5.21. The largest absolute Gasteiger partial charge is 0.491 e. The summed E-state index contributed by atoms with van der Waals surface area (Å²) in [5.41, 5.74) is -0.750. The highest BCUT2D eigenvalue weighted by atomic mass is 16.5. The molecule has 1 aromatic rings. The number of ether oxygens (including phenoxy) is 2. The van der Waals surface area contributed by atoms with E-state index in [2.05, 4.69) is 4.90 Å². The molecule has 0 aromatic heterocycles. The van der Waals surface area contributed by atoms with Crippen LogP contribution in [0.25, 0.3) is 0 Å². The molecule has 0 saturated carbocycles. The van der Waals surface area contributed by atoms with Crippen LogP contribution in [0, 0.1) is 0 Å². The SMILES string of the molecule is CCOCCN1CCC[C@@](O)(COc2ccccc2)C1. The van der Waals surface area contributed by atoms with Crippen LogP contribution in [0.1, 0.15) is 19.8 Å². The van der Waals surface area contributed by atoms with E-state index < -0.39 is 5.60 Å². The van der Waals surface area contributed by atoms with E-state index in [0.29, 0.717) is 13.2 Å². The Labute approximate surface area is 121 Å². The molecule has 0 unspecified atom stereocenters. The molecule has 0 spiro atoms. The summed E-state index contributed by atoms with van der Waals surface area (Å²) in [6, 6.07) is 9.67. The van der Waals surface area contributed by atoms with Gasteiger partial charge in [-0.15, -0.1) is 0 Å². The van der Waals surface area contributed by atoms with Gasteiger partial charge in [-0.25, -0.2) is 0 Å². The summed E-state index contributed by atoms with van der Waals surface area (Å²) in [7, 11) is 0. The number of likely N-dealkylation sites (tertiary alicyclic amines) is 1. The number of rotatable bonds is 7. The Bertz CT molecular complexity index is 385. The van der Waals surface area contributed by atoms with E-state index in [4.69, 9.17) is 9.47 Å². The number of benzene rings is 1. The van der Waals surface area contributed by atoms with Crippen molar-refractivity contribution in [3.8, 4) is 5.75 Å². The monoisotopic (exact) mass is 279 g/mol. The van der Waals surface area contributed by atoms with Gasteiger partial charge < -0.3 is 14.6 Å². The van der Waals surface area contributed by atoms with E-state index in [-0.39, 0.29) is 0 Å². The third-order valence-corrected chi connectivity index (χ3v) is 3.64. The zero-order valence-corrected chi connectivity index (χ0v) is 12.3. The predicted molar refractivity (Wildman–Crippen MR) is 79.1 cm³/mol. The minimum atomic E-state index is -0.750. The zero-order valence-electron chi connectivity index (χ0n) is 12.3. The first-order valence-electron chi connectivity index (χ1n) is 7.42. The fourth-order valence-electron chi connectivity index (χ4n) is 2.59. The highest BCUT2D eigenvalue weighted by Crippen LogP contribution is 2.22. The smallest absolute Gasteiger partial charge is 0.119 e. The molecule has 1 heterocycles. The van der Waals surface area contributed by atoms with Gasteiger partial charge in [0.1, 0.15) is 18.0 Å². The van der Waals surface area contributed by atoms with Gasteiger partial charge in [-0.3, -0.25) is 4.90 Å². The topological polar surface area (TPSA) is 41.9 Å². The predicted octanol–water partition coefficient (Wildman–Crippen LogP) is 1.93. The molecule has 4 nitrogen and oxygen atoms in total. The first-order chi connectivity index (χ1) is 9.72. The van der Waals surface area contributed by atoms with Crippen LogP contribution in [0.5, 0.6) is 5.75 Å². The fourth-order valence-corrected chi connectivity index (χ4v) is 2.59. The standard InChI is InChI=1S/C16H25NO3/c1-2-19-12-11-17-10-6-9-16(18,13-17)14-20-15-7-4-3-5-8-15/h3-5,7-8,18H,2,6,9-14H2,1H3/t16-/m0/s1. The molecule has 0 aliphatic carbocycles. The lowest BCUT2D eigenvalue weighted by Crippen LogP contribution is -2.52. The number of hydrogen-bond donors (Lipinski definition) is 1. The van der Waals surface area contributed by atoms with Gasteiger partial charge in [0, 0.05) is 19.7 Å². The Morgan fingerprint density at radius 2 is 2.10 bits per heavy atom. The van der Waals surface area contributed by atoms with Crippen LogP contribution in [0.4, 0.5) is 0 Å². The van der Waals surface area contributed by atoms with Crippen molar-refractivity contribution < 1.29 is 14.6 Å². The molecular weight excluding hydrogens is 254 g/mol. The molecule has 0 radical (unpaired) electrons. The van der Waals surface area contributed by atoms with Crippen molar-refractivity contribution in [2.45, 2.75) is 25.4 Å². The molecule has 1 saturated heterocycles. The van der Waals surface area contributed by atoms with Crippen molar-refractivity contribution in [3.05, 3.63) is 30.3 Å². The van der Waals surface area contributed by atoms with E-state index in [0.717, 1.165) is 44.9 Å². The maximum Gasteiger partial charge on any atom is 0.119 e. The van der Waals surface area contributed by atoms with Gasteiger partial charge in [0.05, 0.1) is 6.61 Å². The van der Waals surface area contributed by atoms with Crippen molar-refractivity contribution in [2.75, 3.05) is 39.5 Å². The van der Waals surface area contributed by atoms with Crippen LogP contribution in [0.3, 0.4) is 0 Å². The van der Waals surface area contributed by atoms with Gasteiger partial charge in [-0.05, 0) is 38.4 Å². The molecule has 1 aromatic carbocycles. The van der Waals surface area contributed by atoms with E-state index in [1.807, 2.05) is 37.3 Å². The van der Waals surface area contributed by atoms with Crippen molar-refractivity contribution in [3.63, 3.8) is 0 Å². The molecule has 1 fully saturated rings. The van der Waals surface area contributed by atoms with Gasteiger partial charge >= 0.3 is 0 Å². The first-order valence-corrected chi connectivity index (χ1v) is 7.42. The van der Waals surface area contributed by atoms with Crippen LogP contribution >= 0.6 is 0 Å². The van der Waals surface area contributed by atoms with Crippen LogP contribution in [0.2, 0.25) is 0 Å². The third-order valence-electron chi connectivity index (χ3n) is 3.64. The molecular formula is C16H25NO3. The van der Waals surface area contributed by atoms with E-state index in [9.17, 15) is 5.11 Å². The number of aliphatic hydroxyl groups is 1. The number of hydrogen-bond acceptors (Lipinski definition) is 4. The second-order valence-corrected chi connectivity index (χ2v) is 5.40. The maximum atomic E-state index is 10.7. The Morgan fingerprint density at radius 3 is 2.85 bits per heavy atom. The summed E-state index contributed by atoms with van der Waals surface area (Å²) in [6.07, 6.45) is 1.80. The van der Waals surface area contributed by atoms with Crippen LogP contribution in [0.15, 0.2) is 30.3 Å². The Morgan fingerprint density at radius 1 is 1.30 bits per heavy atom. The van der Waals surface area contributed by atoms with Crippen molar-refractivity contribution in [1.29, 1.82) is 0 Å².